The van der Waals surface area contributed by atoms with Gasteiger partial charge in [-0.25, -0.2) is 0 Å². The van der Waals surface area contributed by atoms with E-state index in [4.69, 9.17) is 0 Å². The molecule has 5 atom stereocenters. The third-order valence-corrected chi connectivity index (χ3v) is 10.7. The average Bonchev–Trinajstić information content (AvgIpc) is 3.04. The van der Waals surface area contributed by atoms with Crippen LogP contribution in [0.25, 0.3) is 32.3 Å². The van der Waals surface area contributed by atoms with Crippen LogP contribution < -0.4 is 0 Å². The molecule has 1 unspecified atom stereocenters. The van der Waals surface area contributed by atoms with Crippen molar-refractivity contribution in [1.82, 2.24) is 0 Å². The largest absolute Gasteiger partial charge is 0.0594 e. The summed E-state index contributed by atoms with van der Waals surface area (Å²) in [6.45, 7) is 9.85. The molecule has 0 aliphatic heterocycles. The van der Waals surface area contributed by atoms with E-state index in [9.17, 15) is 0 Å². The summed E-state index contributed by atoms with van der Waals surface area (Å²) in [5, 5.41) is 8.82. The van der Waals surface area contributed by atoms with Crippen molar-refractivity contribution in [3.63, 3.8) is 0 Å². The Bertz CT molecular complexity index is 1350. The highest BCUT2D eigenvalue weighted by atomic mass is 14.6. The lowest BCUT2D eigenvalue weighted by molar-refractivity contribution is 0.117. The number of aryl methyl sites for hydroxylation is 2. The Balaban J connectivity index is 1.37. The second-order valence-electron chi connectivity index (χ2n) is 12.6. The third-order valence-electron chi connectivity index (χ3n) is 10.7. The fourth-order valence-corrected chi connectivity index (χ4v) is 9.33. The summed E-state index contributed by atoms with van der Waals surface area (Å²) in [7, 11) is 0. The molecule has 0 aromatic heterocycles. The second kappa shape index (κ2) is 6.97. The molecule has 3 aliphatic carbocycles. The van der Waals surface area contributed by atoms with E-state index < -0.39 is 0 Å². The van der Waals surface area contributed by atoms with Crippen molar-refractivity contribution in [2.75, 3.05) is 0 Å². The van der Waals surface area contributed by atoms with Gasteiger partial charge in [0, 0.05) is 0 Å². The van der Waals surface area contributed by atoms with Crippen LogP contribution in [0.15, 0.2) is 42.5 Å². The smallest absolute Gasteiger partial charge is 0.00213 e. The Morgan fingerprint density at radius 3 is 2.18 bits per heavy atom. The molecular formula is C33H38. The zero-order valence-corrected chi connectivity index (χ0v) is 20.9. The van der Waals surface area contributed by atoms with Crippen LogP contribution in [0.4, 0.5) is 0 Å². The zero-order valence-electron chi connectivity index (χ0n) is 20.9. The van der Waals surface area contributed by atoms with Crippen molar-refractivity contribution < 1.29 is 0 Å². The van der Waals surface area contributed by atoms with Gasteiger partial charge in [-0.05, 0) is 130 Å². The second-order valence-corrected chi connectivity index (χ2v) is 12.6. The van der Waals surface area contributed by atoms with Gasteiger partial charge in [-0.1, -0.05) is 69.2 Å². The lowest BCUT2D eigenvalue weighted by Gasteiger charge is -2.40. The highest BCUT2D eigenvalue weighted by Gasteiger charge is 2.56. The highest BCUT2D eigenvalue weighted by Crippen LogP contribution is 2.64. The topological polar surface area (TPSA) is 0 Å². The number of benzene rings is 4. The number of fused-ring (bicyclic) bond motifs is 3. The SMILES string of the molecule is Cc1cc2ccc3c(C)cc(C4CC[C@@H]5[C@@H]6CCCC[C@@H]6C(C)(C)[C@@H]5C4)c4ccc(c1)c2c34. The van der Waals surface area contributed by atoms with E-state index in [1.165, 1.54) is 88.4 Å². The van der Waals surface area contributed by atoms with Gasteiger partial charge >= 0.3 is 0 Å². The molecule has 0 nitrogen and oxygen atoms in total. The van der Waals surface area contributed by atoms with E-state index in [0.29, 0.717) is 5.41 Å². The number of rotatable bonds is 1. The van der Waals surface area contributed by atoms with Gasteiger partial charge in [0.05, 0.1) is 0 Å². The fraction of sp³-hybridized carbons (Fsp3) is 0.515. The average molecular weight is 435 g/mol. The molecule has 4 aromatic rings. The molecule has 0 heteroatoms. The lowest BCUT2D eigenvalue weighted by Crippen LogP contribution is -2.31. The summed E-state index contributed by atoms with van der Waals surface area (Å²) in [5.74, 6) is 4.62. The Labute approximate surface area is 199 Å². The first-order valence-corrected chi connectivity index (χ1v) is 13.6. The zero-order chi connectivity index (χ0) is 22.5. The molecule has 33 heavy (non-hydrogen) atoms. The van der Waals surface area contributed by atoms with E-state index in [1.54, 1.807) is 5.56 Å². The molecule has 3 saturated carbocycles. The Kier molecular flexibility index (Phi) is 4.29. The summed E-state index contributed by atoms with van der Waals surface area (Å²) in [5.41, 5.74) is 5.00. The normalized spacial score (nSPS) is 31.3. The summed E-state index contributed by atoms with van der Waals surface area (Å²) < 4.78 is 0. The number of hydrogen-bond donors (Lipinski definition) is 0. The maximum absolute atomic E-state index is 2.64. The van der Waals surface area contributed by atoms with E-state index in [0.717, 1.165) is 29.6 Å². The summed E-state index contributed by atoms with van der Waals surface area (Å²) in [4.78, 5) is 0. The van der Waals surface area contributed by atoms with Crippen LogP contribution in [-0.2, 0) is 0 Å². The van der Waals surface area contributed by atoms with Crippen LogP contribution in [0.1, 0.15) is 81.4 Å². The molecule has 3 aliphatic rings. The van der Waals surface area contributed by atoms with Crippen molar-refractivity contribution in [2.45, 2.75) is 78.6 Å². The van der Waals surface area contributed by atoms with Crippen molar-refractivity contribution in [3.05, 3.63) is 59.2 Å². The molecule has 0 saturated heterocycles. The van der Waals surface area contributed by atoms with Crippen molar-refractivity contribution in [2.24, 2.45) is 29.1 Å². The van der Waals surface area contributed by atoms with Crippen molar-refractivity contribution >= 4 is 32.3 Å². The van der Waals surface area contributed by atoms with Crippen LogP contribution in [-0.4, -0.2) is 0 Å². The third kappa shape index (κ3) is 2.76. The summed E-state index contributed by atoms with van der Waals surface area (Å²) >= 11 is 0. The van der Waals surface area contributed by atoms with E-state index in [1.807, 2.05) is 0 Å². The molecule has 170 valence electrons. The van der Waals surface area contributed by atoms with Crippen LogP contribution in [0.2, 0.25) is 0 Å². The summed E-state index contributed by atoms with van der Waals surface area (Å²) in [6, 6.07) is 16.9. The minimum atomic E-state index is 0.519. The van der Waals surface area contributed by atoms with Gasteiger partial charge in [0.25, 0.3) is 0 Å². The van der Waals surface area contributed by atoms with Gasteiger partial charge in [0.1, 0.15) is 0 Å². The Hall–Kier alpha value is -2.08. The Morgan fingerprint density at radius 1 is 0.697 bits per heavy atom. The molecule has 0 radical (unpaired) electrons. The van der Waals surface area contributed by atoms with Gasteiger partial charge in [-0.15, -0.1) is 0 Å². The molecule has 0 amide bonds. The van der Waals surface area contributed by atoms with Crippen LogP contribution >= 0.6 is 0 Å². The lowest BCUT2D eigenvalue weighted by atomic mass is 9.64. The molecule has 0 bridgehead atoms. The molecular weight excluding hydrogens is 396 g/mol. The molecule has 7 rings (SSSR count). The molecule has 0 N–H and O–H groups in total. The standard InChI is InChI=1S/C33H38/c1-19-15-22-10-12-24-20(2)17-28(27-14-11-23(16-19)31(22)32(24)27)21-9-13-26-25-7-5-6-8-29(25)33(3,4)30(26)18-21/h10-12,14-17,21,25-26,29-30H,5-9,13,18H2,1-4H3/t21?,25-,26+,29-,30+/m0/s1. The Morgan fingerprint density at radius 2 is 1.39 bits per heavy atom. The van der Waals surface area contributed by atoms with Gasteiger partial charge in [0.2, 0.25) is 0 Å². The van der Waals surface area contributed by atoms with E-state index >= 15 is 0 Å². The van der Waals surface area contributed by atoms with Crippen LogP contribution in [0.3, 0.4) is 0 Å². The fourth-order valence-electron chi connectivity index (χ4n) is 9.33. The summed E-state index contributed by atoms with van der Waals surface area (Å²) in [6.07, 6.45) is 10.2. The molecule has 4 aromatic carbocycles. The maximum Gasteiger partial charge on any atom is -0.00213 e. The first-order chi connectivity index (χ1) is 15.9. The minimum absolute atomic E-state index is 0.519. The molecule has 0 heterocycles. The minimum Gasteiger partial charge on any atom is -0.0594 e. The van der Waals surface area contributed by atoms with E-state index in [-0.39, 0.29) is 0 Å². The predicted octanol–water partition coefficient (Wildman–Crippen LogP) is 9.55. The first-order valence-electron chi connectivity index (χ1n) is 13.6. The quantitative estimate of drug-likeness (QED) is 0.262. The molecule has 0 spiro atoms. The van der Waals surface area contributed by atoms with Crippen LogP contribution in [0, 0.1) is 42.9 Å². The van der Waals surface area contributed by atoms with Gasteiger partial charge in [0.15, 0.2) is 0 Å². The molecule has 3 fully saturated rings. The predicted molar refractivity (Wildman–Crippen MR) is 142 cm³/mol. The van der Waals surface area contributed by atoms with Gasteiger partial charge in [-0.2, -0.15) is 0 Å². The van der Waals surface area contributed by atoms with Crippen LogP contribution in [0.5, 0.6) is 0 Å². The van der Waals surface area contributed by atoms with Gasteiger partial charge in [-0.3, -0.25) is 0 Å². The number of hydrogen-bond acceptors (Lipinski definition) is 0. The monoisotopic (exact) mass is 434 g/mol. The highest BCUT2D eigenvalue weighted by molar-refractivity contribution is 6.24. The maximum atomic E-state index is 2.64. The van der Waals surface area contributed by atoms with Gasteiger partial charge < -0.3 is 0 Å². The van der Waals surface area contributed by atoms with Crippen molar-refractivity contribution in [1.29, 1.82) is 0 Å². The first kappa shape index (κ1) is 20.3. The van der Waals surface area contributed by atoms with E-state index in [2.05, 4.69) is 70.2 Å². The van der Waals surface area contributed by atoms with Crippen molar-refractivity contribution in [3.8, 4) is 0 Å².